The average Bonchev–Trinajstić information content (AvgIpc) is 3.83. The number of nitrogens with zero attached hydrogens (tertiary/aromatic N) is 5. The number of H-pyrrole nitrogens is 1. The van der Waals surface area contributed by atoms with Crippen LogP contribution in [0.3, 0.4) is 0 Å². The number of hydrogen-bond acceptors (Lipinski definition) is 10. The lowest BCUT2D eigenvalue weighted by molar-refractivity contribution is 0.129. The Labute approximate surface area is 279 Å². The van der Waals surface area contributed by atoms with E-state index in [1.165, 1.54) is 12.6 Å². The molecular weight excluding hydrogens is 651 g/mol. The van der Waals surface area contributed by atoms with Crippen molar-refractivity contribution >= 4 is 43.4 Å². The van der Waals surface area contributed by atoms with Crippen LogP contribution in [0.1, 0.15) is 38.8 Å². The molecule has 0 radical (unpaired) electrons. The summed E-state index contributed by atoms with van der Waals surface area (Å²) >= 11 is 0. The first kappa shape index (κ1) is 32.2. The van der Waals surface area contributed by atoms with Crippen LogP contribution in [-0.2, 0) is 25.4 Å². The Morgan fingerprint density at radius 1 is 0.979 bits per heavy atom. The largest absolute Gasteiger partial charge is 0.474 e. The topological polar surface area (TPSA) is 159 Å². The lowest BCUT2D eigenvalue weighted by Gasteiger charge is -2.32. The van der Waals surface area contributed by atoms with Gasteiger partial charge in [-0.05, 0) is 73.4 Å². The Kier molecular flexibility index (Phi) is 8.20. The zero-order chi connectivity index (χ0) is 33.7. The van der Waals surface area contributed by atoms with Gasteiger partial charge in [0.15, 0.2) is 9.84 Å². The molecule has 0 saturated carbocycles. The third kappa shape index (κ3) is 6.64. The first-order valence-corrected chi connectivity index (χ1v) is 19.4. The van der Waals surface area contributed by atoms with Gasteiger partial charge in [0.1, 0.15) is 22.9 Å². The van der Waals surface area contributed by atoms with E-state index < -0.39 is 25.4 Å². The Hall–Kier alpha value is -4.40. The van der Waals surface area contributed by atoms with E-state index in [1.54, 1.807) is 22.5 Å². The zero-order valence-electron chi connectivity index (χ0n) is 26.9. The van der Waals surface area contributed by atoms with Gasteiger partial charge in [0.25, 0.3) is 0 Å². The third-order valence-electron chi connectivity index (χ3n) is 8.64. The van der Waals surface area contributed by atoms with Crippen molar-refractivity contribution in [2.24, 2.45) is 15.9 Å². The van der Waals surface area contributed by atoms with Gasteiger partial charge < -0.3 is 15.0 Å². The van der Waals surface area contributed by atoms with Gasteiger partial charge in [-0.15, -0.1) is 0 Å². The number of aliphatic imine (C=N–C) groups is 2. The maximum Gasteiger partial charge on any atom is 0.216 e. The predicted molar refractivity (Wildman–Crippen MR) is 185 cm³/mol. The molecule has 0 amide bonds. The van der Waals surface area contributed by atoms with Gasteiger partial charge in [-0.2, -0.15) is 0 Å². The minimum atomic E-state index is -3.73. The van der Waals surface area contributed by atoms with Crippen LogP contribution in [-0.4, -0.2) is 78.7 Å². The van der Waals surface area contributed by atoms with E-state index in [0.29, 0.717) is 61.0 Å². The van der Waals surface area contributed by atoms with E-state index in [-0.39, 0.29) is 22.7 Å². The van der Waals surface area contributed by atoms with Crippen LogP contribution in [0.2, 0.25) is 0 Å². The standard InChI is InChI=1S/C34H37N7O5S2/c1-22(2)20-48(44,45)41-14-11-28(12-15-41)46-32-18-31(35-21-36-32)34-13-10-30(40-34)33(47(3,42)43)29-9-8-26(39-29)17-24-5-4-23(37-24)16-25-6-7-27(19-34)38-25/h4-10,16-19,21-22,28,38,40H,11-15,20H2,1-3H3. The summed E-state index contributed by atoms with van der Waals surface area (Å²) in [5, 5.41) is 5.15. The molecule has 0 spiro atoms. The van der Waals surface area contributed by atoms with Crippen LogP contribution >= 0.6 is 0 Å². The van der Waals surface area contributed by atoms with Gasteiger partial charge in [0, 0.05) is 42.5 Å². The SMILES string of the molecule is CC(C)CS(=O)(=O)N1CCC(Oc2cc(C34C=c5ccc([nH]5)=CC5=NC(=CC6=NC(=C(S(C)(=O)=O)C(=CC3)N4)C=C6)C=C5)ncn2)CC1. The Balaban J connectivity index is 1.24. The lowest BCUT2D eigenvalue weighted by atomic mass is 9.92. The average molecular weight is 688 g/mol. The van der Waals surface area contributed by atoms with Crippen LogP contribution in [0.15, 0.2) is 93.0 Å². The third-order valence-corrected chi connectivity index (χ3v) is 12.0. The van der Waals surface area contributed by atoms with E-state index in [9.17, 15) is 16.8 Å². The smallest absolute Gasteiger partial charge is 0.216 e. The highest BCUT2D eigenvalue weighted by molar-refractivity contribution is 7.94. The van der Waals surface area contributed by atoms with Crippen LogP contribution in [0.4, 0.5) is 0 Å². The molecule has 2 aromatic heterocycles. The van der Waals surface area contributed by atoms with Crippen molar-refractivity contribution < 1.29 is 21.6 Å². The fourth-order valence-electron chi connectivity index (χ4n) is 6.51. The molecule has 14 heteroatoms. The molecule has 1 fully saturated rings. The van der Waals surface area contributed by atoms with Crippen molar-refractivity contribution in [1.29, 1.82) is 0 Å². The predicted octanol–water partition coefficient (Wildman–Crippen LogP) is 2.14. The number of allylic oxidation sites excluding steroid dienone is 5. The summed E-state index contributed by atoms with van der Waals surface area (Å²) in [6.45, 7) is 4.57. The van der Waals surface area contributed by atoms with Crippen molar-refractivity contribution in [3.8, 4) is 5.88 Å². The molecule has 0 aliphatic carbocycles. The van der Waals surface area contributed by atoms with Crippen LogP contribution in [0.25, 0.3) is 12.2 Å². The van der Waals surface area contributed by atoms with E-state index in [4.69, 9.17) is 4.74 Å². The normalized spacial score (nSPS) is 22.9. The number of ether oxygens (including phenoxy) is 1. The molecule has 7 heterocycles. The molecule has 5 aliphatic rings. The minimum Gasteiger partial charge on any atom is -0.474 e. The molecule has 12 nitrogen and oxygen atoms in total. The van der Waals surface area contributed by atoms with Crippen molar-refractivity contribution in [1.82, 2.24) is 24.6 Å². The molecule has 7 rings (SSSR count). The molecule has 1 unspecified atom stereocenters. The molecule has 5 aliphatic heterocycles. The Morgan fingerprint density at radius 2 is 1.73 bits per heavy atom. The first-order chi connectivity index (χ1) is 22.8. The highest BCUT2D eigenvalue weighted by Crippen LogP contribution is 2.38. The minimum absolute atomic E-state index is 0.0528. The molecule has 250 valence electrons. The highest BCUT2D eigenvalue weighted by atomic mass is 32.2. The van der Waals surface area contributed by atoms with Gasteiger partial charge in [-0.1, -0.05) is 19.9 Å². The molecule has 1 atom stereocenters. The van der Waals surface area contributed by atoms with Crippen molar-refractivity contribution in [2.45, 2.75) is 44.8 Å². The van der Waals surface area contributed by atoms with Gasteiger partial charge in [0.05, 0.1) is 40.0 Å². The molecule has 8 bridgehead atoms. The number of hydrogen-bond donors (Lipinski definition) is 2. The highest BCUT2D eigenvalue weighted by Gasteiger charge is 2.39. The van der Waals surface area contributed by atoms with Gasteiger partial charge in [0.2, 0.25) is 15.9 Å². The van der Waals surface area contributed by atoms with Gasteiger partial charge in [-0.25, -0.2) is 41.1 Å². The molecule has 48 heavy (non-hydrogen) atoms. The first-order valence-electron chi connectivity index (χ1n) is 15.9. The summed E-state index contributed by atoms with van der Waals surface area (Å²) in [5.74, 6) is 0.538. The number of rotatable bonds is 7. The van der Waals surface area contributed by atoms with Gasteiger partial charge in [-0.3, -0.25) is 0 Å². The zero-order valence-corrected chi connectivity index (χ0v) is 28.6. The fraction of sp³-hybridized carbons (Fsp3) is 0.353. The number of sulfonamides is 1. The summed E-state index contributed by atoms with van der Waals surface area (Å²) in [4.78, 5) is 21.9. The lowest BCUT2D eigenvalue weighted by Crippen LogP contribution is -2.43. The number of nitrogens with one attached hydrogen (secondary N) is 2. The van der Waals surface area contributed by atoms with Crippen molar-refractivity contribution in [2.75, 3.05) is 25.1 Å². The molecule has 0 aromatic carbocycles. The summed E-state index contributed by atoms with van der Waals surface area (Å²) in [6, 6.07) is 5.67. The maximum absolute atomic E-state index is 13.3. The summed E-state index contributed by atoms with van der Waals surface area (Å²) in [6.07, 6.45) is 18.8. The van der Waals surface area contributed by atoms with E-state index in [0.717, 1.165) is 22.1 Å². The quantitative estimate of drug-likeness (QED) is 0.448. The second kappa shape index (κ2) is 12.2. The molecular formula is C34H37N7O5S2. The monoisotopic (exact) mass is 687 g/mol. The summed E-state index contributed by atoms with van der Waals surface area (Å²) < 4.78 is 59.9. The number of aromatic amines is 1. The van der Waals surface area contributed by atoms with Crippen LogP contribution in [0, 0.1) is 5.92 Å². The molecule has 1 saturated heterocycles. The second-order valence-corrected chi connectivity index (χ2v) is 17.0. The Bertz CT molecular complexity index is 2230. The molecule has 2 aromatic rings. The number of aromatic nitrogens is 3. The number of piperidine rings is 1. The number of sulfone groups is 1. The Morgan fingerprint density at radius 3 is 2.50 bits per heavy atom. The van der Waals surface area contributed by atoms with E-state index >= 15 is 0 Å². The van der Waals surface area contributed by atoms with Crippen molar-refractivity contribution in [3.63, 3.8) is 0 Å². The van der Waals surface area contributed by atoms with E-state index in [1.807, 2.05) is 62.4 Å². The summed E-state index contributed by atoms with van der Waals surface area (Å²) in [5.41, 5.74) is 2.47. The van der Waals surface area contributed by atoms with Crippen LogP contribution in [0.5, 0.6) is 5.88 Å². The fourth-order valence-corrected chi connectivity index (χ4v) is 9.36. The number of fused-ring (bicyclic) bond motifs is 6. The molecule has 2 N–H and O–H groups in total. The van der Waals surface area contributed by atoms with E-state index in [2.05, 4.69) is 30.3 Å². The van der Waals surface area contributed by atoms with Crippen LogP contribution < -0.4 is 20.8 Å². The van der Waals surface area contributed by atoms with Gasteiger partial charge >= 0.3 is 0 Å². The summed E-state index contributed by atoms with van der Waals surface area (Å²) in [7, 11) is -7.04. The van der Waals surface area contributed by atoms with Crippen molar-refractivity contribution in [3.05, 3.63) is 99.4 Å². The second-order valence-electron chi connectivity index (χ2n) is 13.0. The maximum atomic E-state index is 13.3.